The minimum atomic E-state index is -0.316. The first-order chi connectivity index (χ1) is 4.41. The van der Waals surface area contributed by atoms with Crippen LogP contribution in [0.4, 0.5) is 0 Å². The summed E-state index contributed by atoms with van der Waals surface area (Å²) in [6.45, 7) is 5.75. The second-order valence-electron chi connectivity index (χ2n) is 3.15. The highest BCUT2D eigenvalue weighted by molar-refractivity contribution is 5.80. The van der Waals surface area contributed by atoms with E-state index < -0.39 is 0 Å². The molecule has 0 saturated heterocycles. The van der Waals surface area contributed by atoms with Crippen LogP contribution in [0.1, 0.15) is 27.2 Å². The largest absolute Gasteiger partial charge is 0.283 e. The van der Waals surface area contributed by atoms with Crippen LogP contribution in [-0.2, 0) is 4.79 Å². The zero-order valence-corrected chi connectivity index (χ0v) is 7.14. The van der Waals surface area contributed by atoms with E-state index in [2.05, 4.69) is 0 Å². The van der Waals surface area contributed by atoms with Crippen LogP contribution < -0.4 is 5.84 Å². The van der Waals surface area contributed by atoms with Crippen molar-refractivity contribution in [2.45, 2.75) is 27.2 Å². The van der Waals surface area contributed by atoms with Gasteiger partial charge in [0.05, 0.1) is 0 Å². The highest BCUT2D eigenvalue weighted by Gasteiger charge is 2.26. The molecule has 2 N–H and O–H groups in total. The minimum Gasteiger partial charge on any atom is -0.283 e. The highest BCUT2D eigenvalue weighted by Crippen LogP contribution is 2.20. The quantitative estimate of drug-likeness (QED) is 0.353. The third-order valence-electron chi connectivity index (χ3n) is 1.78. The number of carbonyl (C=O) groups is 1. The average Bonchev–Trinajstić information content (AvgIpc) is 1.86. The van der Waals surface area contributed by atoms with Crippen LogP contribution in [0.15, 0.2) is 0 Å². The molecule has 0 radical (unpaired) electrons. The third-order valence-corrected chi connectivity index (χ3v) is 1.78. The van der Waals surface area contributed by atoms with Gasteiger partial charge in [0.15, 0.2) is 0 Å². The van der Waals surface area contributed by atoms with Crippen molar-refractivity contribution < 1.29 is 4.79 Å². The van der Waals surface area contributed by atoms with Crippen LogP contribution in [0, 0.1) is 5.41 Å². The lowest BCUT2D eigenvalue weighted by atomic mass is 9.89. The van der Waals surface area contributed by atoms with E-state index in [1.54, 1.807) is 7.05 Å². The monoisotopic (exact) mass is 144 g/mol. The summed E-state index contributed by atoms with van der Waals surface area (Å²) in [5, 5.41) is 1.14. The molecule has 0 atom stereocenters. The Labute approximate surface area is 62.2 Å². The van der Waals surface area contributed by atoms with Gasteiger partial charge < -0.3 is 0 Å². The first kappa shape index (κ1) is 9.43. The molecule has 3 nitrogen and oxygen atoms in total. The zero-order valence-electron chi connectivity index (χ0n) is 7.14. The lowest BCUT2D eigenvalue weighted by Gasteiger charge is -2.24. The zero-order chi connectivity index (χ0) is 8.36. The van der Waals surface area contributed by atoms with Gasteiger partial charge in [-0.1, -0.05) is 20.8 Å². The van der Waals surface area contributed by atoms with Crippen molar-refractivity contribution in [1.29, 1.82) is 0 Å². The fourth-order valence-corrected chi connectivity index (χ4v) is 0.629. The Balaban J connectivity index is 4.19. The lowest BCUT2D eigenvalue weighted by molar-refractivity contribution is -0.139. The van der Waals surface area contributed by atoms with Gasteiger partial charge in [-0.25, -0.2) is 5.84 Å². The van der Waals surface area contributed by atoms with Crippen LogP contribution in [0.25, 0.3) is 0 Å². The van der Waals surface area contributed by atoms with Gasteiger partial charge in [-0.2, -0.15) is 0 Å². The van der Waals surface area contributed by atoms with Crippen LogP contribution >= 0.6 is 0 Å². The van der Waals surface area contributed by atoms with Crippen molar-refractivity contribution in [3.05, 3.63) is 0 Å². The Morgan fingerprint density at radius 1 is 1.60 bits per heavy atom. The van der Waals surface area contributed by atoms with Crippen LogP contribution in [0.5, 0.6) is 0 Å². The van der Waals surface area contributed by atoms with Gasteiger partial charge in [0.2, 0.25) is 5.91 Å². The minimum absolute atomic E-state index is 0.0185. The molecule has 0 heterocycles. The first-order valence-electron chi connectivity index (χ1n) is 3.44. The van der Waals surface area contributed by atoms with Crippen molar-refractivity contribution in [3.8, 4) is 0 Å². The number of rotatable bonds is 2. The van der Waals surface area contributed by atoms with E-state index in [-0.39, 0.29) is 11.3 Å². The molecule has 0 unspecified atom stereocenters. The molecule has 10 heavy (non-hydrogen) atoms. The maximum Gasteiger partial charge on any atom is 0.241 e. The molecular formula is C7H16N2O. The first-order valence-corrected chi connectivity index (χ1v) is 3.44. The Morgan fingerprint density at radius 3 is 2.10 bits per heavy atom. The fourth-order valence-electron chi connectivity index (χ4n) is 0.629. The van der Waals surface area contributed by atoms with Gasteiger partial charge in [0.1, 0.15) is 0 Å². The molecule has 0 aromatic rings. The van der Waals surface area contributed by atoms with Gasteiger partial charge in [0.25, 0.3) is 0 Å². The summed E-state index contributed by atoms with van der Waals surface area (Å²) >= 11 is 0. The molecule has 1 amide bonds. The van der Waals surface area contributed by atoms with Gasteiger partial charge in [0, 0.05) is 12.5 Å². The van der Waals surface area contributed by atoms with Crippen LogP contribution in [0.3, 0.4) is 0 Å². The van der Waals surface area contributed by atoms with E-state index in [1.807, 2.05) is 20.8 Å². The van der Waals surface area contributed by atoms with Gasteiger partial charge >= 0.3 is 0 Å². The van der Waals surface area contributed by atoms with E-state index in [0.717, 1.165) is 11.4 Å². The molecule has 3 heteroatoms. The smallest absolute Gasteiger partial charge is 0.241 e. The maximum atomic E-state index is 11.2. The van der Waals surface area contributed by atoms with Crippen molar-refractivity contribution in [2.24, 2.45) is 11.3 Å². The van der Waals surface area contributed by atoms with E-state index in [1.165, 1.54) is 0 Å². The number of amides is 1. The van der Waals surface area contributed by atoms with Crippen LogP contribution in [0.2, 0.25) is 0 Å². The summed E-state index contributed by atoms with van der Waals surface area (Å²) in [4.78, 5) is 11.2. The third kappa shape index (κ3) is 1.99. The van der Waals surface area contributed by atoms with Crippen molar-refractivity contribution in [2.75, 3.05) is 7.05 Å². The molecule has 0 bridgehead atoms. The summed E-state index contributed by atoms with van der Waals surface area (Å²) < 4.78 is 0. The van der Waals surface area contributed by atoms with E-state index in [9.17, 15) is 4.79 Å². The number of hydrogen-bond donors (Lipinski definition) is 1. The number of nitrogens with two attached hydrogens (primary N) is 1. The molecule has 0 aliphatic heterocycles. The molecule has 60 valence electrons. The van der Waals surface area contributed by atoms with Gasteiger partial charge in [-0.05, 0) is 6.42 Å². The second-order valence-corrected chi connectivity index (χ2v) is 3.15. The summed E-state index contributed by atoms with van der Waals surface area (Å²) in [5.41, 5.74) is -0.316. The predicted molar refractivity (Wildman–Crippen MR) is 41.0 cm³/mol. The molecular weight excluding hydrogens is 128 g/mol. The molecule has 0 spiro atoms. The molecule has 0 aromatic heterocycles. The number of hydrazine groups is 1. The Hall–Kier alpha value is -0.570. The van der Waals surface area contributed by atoms with Crippen molar-refractivity contribution in [3.63, 3.8) is 0 Å². The standard InChI is InChI=1S/C7H16N2O/c1-5-7(2,3)6(10)9(4)8/h5,8H2,1-4H3. The molecule has 0 fully saturated rings. The summed E-state index contributed by atoms with van der Waals surface area (Å²) in [5.74, 6) is 5.26. The van der Waals surface area contributed by atoms with E-state index in [4.69, 9.17) is 5.84 Å². The normalized spacial score (nSPS) is 11.3. The molecule has 0 aliphatic rings. The number of hydrogen-bond acceptors (Lipinski definition) is 2. The number of carbonyl (C=O) groups excluding carboxylic acids is 1. The Bertz CT molecular complexity index is 130. The van der Waals surface area contributed by atoms with Crippen molar-refractivity contribution >= 4 is 5.91 Å². The van der Waals surface area contributed by atoms with Gasteiger partial charge in [-0.3, -0.25) is 9.80 Å². The van der Waals surface area contributed by atoms with Gasteiger partial charge in [-0.15, -0.1) is 0 Å². The SMILES string of the molecule is CCC(C)(C)C(=O)N(C)N. The Kier molecular flexibility index (Phi) is 2.84. The Morgan fingerprint density at radius 2 is 2.00 bits per heavy atom. The topological polar surface area (TPSA) is 46.3 Å². The van der Waals surface area contributed by atoms with Crippen LogP contribution in [-0.4, -0.2) is 18.0 Å². The maximum absolute atomic E-state index is 11.2. The second kappa shape index (κ2) is 3.01. The fraction of sp³-hybridized carbons (Fsp3) is 0.857. The molecule has 0 rings (SSSR count). The van der Waals surface area contributed by atoms with Crippen molar-refractivity contribution in [1.82, 2.24) is 5.01 Å². The summed E-state index contributed by atoms with van der Waals surface area (Å²) in [6, 6.07) is 0. The molecule has 0 saturated carbocycles. The molecule has 0 aliphatic carbocycles. The van der Waals surface area contributed by atoms with E-state index >= 15 is 0 Å². The average molecular weight is 144 g/mol. The molecule has 0 aromatic carbocycles. The summed E-state index contributed by atoms with van der Waals surface area (Å²) in [6.07, 6.45) is 0.813. The van der Waals surface area contributed by atoms with E-state index in [0.29, 0.717) is 0 Å². The predicted octanol–water partition coefficient (Wildman–Crippen LogP) is 0.755. The summed E-state index contributed by atoms with van der Waals surface area (Å²) in [7, 11) is 1.57. The highest BCUT2D eigenvalue weighted by atomic mass is 16.2. The lowest BCUT2D eigenvalue weighted by Crippen LogP contribution is -2.42. The number of nitrogens with zero attached hydrogens (tertiary/aromatic N) is 1.